The van der Waals surface area contributed by atoms with Crippen molar-refractivity contribution in [2.24, 2.45) is 0 Å². The van der Waals surface area contributed by atoms with Gasteiger partial charge in [-0.05, 0) is 37.3 Å². The molecule has 0 unspecified atom stereocenters. The second kappa shape index (κ2) is 7.63. The predicted octanol–water partition coefficient (Wildman–Crippen LogP) is 3.10. The molecule has 4 heterocycles. The Labute approximate surface area is 199 Å². The first-order valence-corrected chi connectivity index (χ1v) is 11.4. The van der Waals surface area contributed by atoms with Crippen molar-refractivity contribution in [1.29, 1.82) is 0 Å². The van der Waals surface area contributed by atoms with Crippen LogP contribution in [0.25, 0.3) is 22.1 Å². The molecule has 0 bridgehead atoms. The Morgan fingerprint density at radius 1 is 1.34 bits per heavy atom. The molecule has 2 fully saturated rings. The number of hydrogen-bond donors (Lipinski definition) is 1. The smallest absolute Gasteiger partial charge is 0.246 e. The number of rotatable bonds is 3. The zero-order valence-corrected chi connectivity index (χ0v) is 19.1. The standard InChI is InChI=1S/C25H22FN7O2/c1-3-20(34)32-9-6-15(12-32)33-23-21(22(27)28-13-29-23)17(31-33)5-4-14-10-18-19(11-16(14)26)35-24(30-18)25(2)7-8-25/h3,10-11,13,15H,1,6-9,12H2,2H3,(H2,27,28,29)/t15-/m0/s1. The maximum Gasteiger partial charge on any atom is 0.246 e. The van der Waals surface area contributed by atoms with E-state index in [0.29, 0.717) is 53.2 Å². The van der Waals surface area contributed by atoms with Gasteiger partial charge < -0.3 is 15.1 Å². The average Bonchev–Trinajstić information content (AvgIpc) is 3.22. The van der Waals surface area contributed by atoms with E-state index in [-0.39, 0.29) is 28.7 Å². The summed E-state index contributed by atoms with van der Waals surface area (Å²) in [5.74, 6) is 6.06. The van der Waals surface area contributed by atoms with Crippen LogP contribution in [-0.2, 0) is 10.2 Å². The summed E-state index contributed by atoms with van der Waals surface area (Å²) in [6.45, 7) is 6.69. The fraction of sp³-hybridized carbons (Fsp3) is 0.320. The van der Waals surface area contributed by atoms with E-state index in [0.717, 1.165) is 12.8 Å². The number of anilines is 1. The van der Waals surface area contributed by atoms with Crippen LogP contribution in [-0.4, -0.2) is 48.6 Å². The van der Waals surface area contributed by atoms with Crippen molar-refractivity contribution in [3.8, 4) is 11.8 Å². The molecule has 3 aromatic heterocycles. The molecule has 1 aliphatic carbocycles. The maximum absolute atomic E-state index is 14.8. The van der Waals surface area contributed by atoms with Gasteiger partial charge in [-0.3, -0.25) is 4.79 Å². The highest BCUT2D eigenvalue weighted by Crippen LogP contribution is 2.47. The number of oxazole rings is 1. The Balaban J connectivity index is 1.39. The Morgan fingerprint density at radius 2 is 2.17 bits per heavy atom. The van der Waals surface area contributed by atoms with E-state index in [4.69, 9.17) is 10.2 Å². The summed E-state index contributed by atoms with van der Waals surface area (Å²) in [4.78, 5) is 26.7. The molecule has 1 aromatic carbocycles. The van der Waals surface area contributed by atoms with Crippen molar-refractivity contribution in [2.75, 3.05) is 18.8 Å². The summed E-state index contributed by atoms with van der Waals surface area (Å²) >= 11 is 0. The summed E-state index contributed by atoms with van der Waals surface area (Å²) in [5.41, 5.74) is 8.10. The maximum atomic E-state index is 14.8. The molecule has 1 amide bonds. The van der Waals surface area contributed by atoms with Gasteiger partial charge in [-0.25, -0.2) is 24.0 Å². The van der Waals surface area contributed by atoms with Gasteiger partial charge in [0.1, 0.15) is 29.2 Å². The van der Waals surface area contributed by atoms with Crippen molar-refractivity contribution in [3.05, 3.63) is 54.1 Å². The summed E-state index contributed by atoms with van der Waals surface area (Å²) in [7, 11) is 0. The van der Waals surface area contributed by atoms with Crippen LogP contribution in [0.15, 0.2) is 35.5 Å². The fourth-order valence-electron chi connectivity index (χ4n) is 4.44. The number of fused-ring (bicyclic) bond motifs is 2. The fourth-order valence-corrected chi connectivity index (χ4v) is 4.44. The predicted molar refractivity (Wildman–Crippen MR) is 127 cm³/mol. The quantitative estimate of drug-likeness (QED) is 0.361. The third-order valence-electron chi connectivity index (χ3n) is 6.82. The molecule has 2 aliphatic rings. The van der Waals surface area contributed by atoms with Crippen molar-refractivity contribution in [3.63, 3.8) is 0 Å². The largest absolute Gasteiger partial charge is 0.440 e. The molecule has 1 saturated carbocycles. The SMILES string of the molecule is C=CC(=O)N1CC[C@H](n2nc(C#Cc3cc4nc(C5(C)CC5)oc4cc3F)c3c(N)ncnc32)C1. The lowest BCUT2D eigenvalue weighted by molar-refractivity contribution is -0.125. The van der Waals surface area contributed by atoms with Gasteiger partial charge in [0.05, 0.1) is 17.0 Å². The van der Waals surface area contributed by atoms with Crippen LogP contribution in [0.2, 0.25) is 0 Å². The van der Waals surface area contributed by atoms with Crippen molar-refractivity contribution in [1.82, 2.24) is 29.6 Å². The van der Waals surface area contributed by atoms with Gasteiger partial charge >= 0.3 is 0 Å². The second-order valence-electron chi connectivity index (χ2n) is 9.31. The van der Waals surface area contributed by atoms with Gasteiger partial charge in [0, 0.05) is 24.6 Å². The molecule has 1 saturated heterocycles. The molecular weight excluding hydrogens is 449 g/mol. The normalized spacial score (nSPS) is 18.6. The number of nitrogens with zero attached hydrogens (tertiary/aromatic N) is 6. The highest BCUT2D eigenvalue weighted by atomic mass is 19.1. The number of hydrogen-bond acceptors (Lipinski definition) is 7. The molecule has 0 spiro atoms. The van der Waals surface area contributed by atoms with Crippen molar-refractivity contribution in [2.45, 2.75) is 37.6 Å². The monoisotopic (exact) mass is 471 g/mol. The summed E-state index contributed by atoms with van der Waals surface area (Å²) in [6.07, 6.45) is 5.38. The zero-order chi connectivity index (χ0) is 24.3. The van der Waals surface area contributed by atoms with E-state index in [1.54, 1.807) is 15.6 Å². The van der Waals surface area contributed by atoms with E-state index in [1.807, 2.05) is 0 Å². The first-order valence-electron chi connectivity index (χ1n) is 11.4. The molecule has 6 rings (SSSR count). The van der Waals surface area contributed by atoms with Gasteiger partial charge in [0.2, 0.25) is 11.8 Å². The van der Waals surface area contributed by atoms with Crippen LogP contribution in [0, 0.1) is 17.7 Å². The van der Waals surface area contributed by atoms with Crippen LogP contribution in [0.5, 0.6) is 0 Å². The molecule has 35 heavy (non-hydrogen) atoms. The van der Waals surface area contributed by atoms with Crippen LogP contribution in [0.1, 0.15) is 49.4 Å². The van der Waals surface area contributed by atoms with E-state index >= 15 is 0 Å². The van der Waals surface area contributed by atoms with Crippen LogP contribution in [0.4, 0.5) is 10.2 Å². The van der Waals surface area contributed by atoms with E-state index in [1.165, 1.54) is 18.5 Å². The molecule has 2 N–H and O–H groups in total. The molecule has 1 aliphatic heterocycles. The van der Waals surface area contributed by atoms with Gasteiger partial charge in [0.15, 0.2) is 11.2 Å². The summed E-state index contributed by atoms with van der Waals surface area (Å²) in [6, 6.07) is 2.81. The lowest BCUT2D eigenvalue weighted by Gasteiger charge is -2.14. The van der Waals surface area contributed by atoms with Crippen molar-refractivity contribution < 1.29 is 13.6 Å². The Morgan fingerprint density at radius 3 is 2.94 bits per heavy atom. The van der Waals surface area contributed by atoms with Gasteiger partial charge in [-0.2, -0.15) is 5.10 Å². The highest BCUT2D eigenvalue weighted by Gasteiger charge is 2.44. The Hall–Kier alpha value is -4.26. The minimum atomic E-state index is -0.504. The molecule has 176 valence electrons. The van der Waals surface area contributed by atoms with Crippen LogP contribution < -0.4 is 5.73 Å². The van der Waals surface area contributed by atoms with E-state index < -0.39 is 5.82 Å². The van der Waals surface area contributed by atoms with Gasteiger partial charge in [-0.15, -0.1) is 0 Å². The third kappa shape index (κ3) is 3.51. The van der Waals surface area contributed by atoms with Gasteiger partial charge in [0.25, 0.3) is 0 Å². The van der Waals surface area contributed by atoms with Gasteiger partial charge in [-0.1, -0.05) is 19.4 Å². The van der Waals surface area contributed by atoms with Crippen LogP contribution in [0.3, 0.4) is 0 Å². The van der Waals surface area contributed by atoms with Crippen molar-refractivity contribution >= 4 is 33.9 Å². The molecule has 1 atom stereocenters. The number of carbonyl (C=O) groups is 1. The minimum absolute atomic E-state index is 0.0588. The zero-order valence-electron chi connectivity index (χ0n) is 19.1. The number of halogens is 1. The average molecular weight is 471 g/mol. The second-order valence-corrected chi connectivity index (χ2v) is 9.31. The summed E-state index contributed by atoms with van der Waals surface area (Å²) < 4.78 is 22.3. The molecule has 10 heteroatoms. The first-order chi connectivity index (χ1) is 16.9. The number of nitrogens with two attached hydrogens (primary N) is 1. The van der Waals surface area contributed by atoms with E-state index in [2.05, 4.69) is 45.4 Å². The molecule has 4 aromatic rings. The molecular formula is C25H22FN7O2. The van der Waals surface area contributed by atoms with E-state index in [9.17, 15) is 9.18 Å². The number of nitrogen functional groups attached to an aromatic ring is 1. The lowest BCUT2D eigenvalue weighted by Crippen LogP contribution is -2.27. The summed E-state index contributed by atoms with van der Waals surface area (Å²) in [5, 5.41) is 5.14. The first kappa shape index (κ1) is 21.3. The number of carbonyl (C=O) groups excluding carboxylic acids is 1. The molecule has 9 nitrogen and oxygen atoms in total. The number of benzene rings is 1. The lowest BCUT2D eigenvalue weighted by atomic mass is 10.1. The number of aromatic nitrogens is 5. The third-order valence-corrected chi connectivity index (χ3v) is 6.82. The number of amides is 1. The Bertz CT molecular complexity index is 1590. The Kier molecular flexibility index (Phi) is 4.64. The number of likely N-dealkylation sites (tertiary alicyclic amines) is 1. The van der Waals surface area contributed by atoms with Crippen LogP contribution >= 0.6 is 0 Å². The topological polar surface area (TPSA) is 116 Å². The highest BCUT2D eigenvalue weighted by molar-refractivity contribution is 5.91. The minimum Gasteiger partial charge on any atom is -0.440 e. The molecule has 0 radical (unpaired) electrons.